The topological polar surface area (TPSA) is 208 Å². The lowest BCUT2D eigenvalue weighted by Crippen LogP contribution is -2.58. The van der Waals surface area contributed by atoms with Crippen molar-refractivity contribution in [1.82, 2.24) is 45.0 Å². The van der Waals surface area contributed by atoms with Crippen LogP contribution in [0.1, 0.15) is 77.1 Å². The summed E-state index contributed by atoms with van der Waals surface area (Å²) in [7, 11) is 0. The van der Waals surface area contributed by atoms with Gasteiger partial charge in [-0.25, -0.2) is 24.9 Å². The van der Waals surface area contributed by atoms with Crippen LogP contribution in [0, 0.1) is 19.3 Å². The Bertz CT molecular complexity index is 2650. The lowest BCUT2D eigenvalue weighted by Gasteiger charge is -2.35. The zero-order chi connectivity index (χ0) is 47.8. The molecular formula is C49H60N10O7S. The Morgan fingerprint density at radius 2 is 1.58 bits per heavy atom. The molecule has 0 saturated carbocycles. The normalized spacial score (nSPS) is 16.0. The predicted molar refractivity (Wildman–Crippen MR) is 257 cm³/mol. The van der Waals surface area contributed by atoms with E-state index in [2.05, 4.69) is 54.3 Å². The van der Waals surface area contributed by atoms with Crippen molar-refractivity contribution in [2.45, 2.75) is 92.1 Å². The summed E-state index contributed by atoms with van der Waals surface area (Å²) < 4.78 is 19.3. The number of aliphatic hydroxyl groups is 1. The van der Waals surface area contributed by atoms with Crippen LogP contribution in [0.3, 0.4) is 0 Å². The smallest absolute Gasteiger partial charge is 0.246 e. The molecule has 0 spiro atoms. The number of carbonyl (C=O) groups excluding carboxylic acids is 3. The van der Waals surface area contributed by atoms with E-state index < -0.39 is 35.4 Å². The second kappa shape index (κ2) is 21.5. The first-order valence-electron chi connectivity index (χ1n) is 22.5. The van der Waals surface area contributed by atoms with E-state index in [1.807, 2.05) is 102 Å². The molecule has 1 fully saturated rings. The molecule has 2 aromatic carbocycles. The predicted octanol–water partition coefficient (Wildman–Crippen LogP) is 6.74. The van der Waals surface area contributed by atoms with Gasteiger partial charge in [-0.3, -0.25) is 14.4 Å². The molecule has 0 aliphatic carbocycles. The van der Waals surface area contributed by atoms with E-state index >= 15 is 0 Å². The SMILES string of the molecule is Cc1ncsc1-c1ccc([C@H](C)NC(=O)[C@H]2C[C@H](O)CN2C(=O)C(NC(=O)COCCOCCOc2ccc(-c3nccc(Nc4cc5c(cn4)nc(C)n5C(C)C)n3)cc2)C(C)(C)C)cc1. The largest absolute Gasteiger partial charge is 0.491 e. The van der Waals surface area contributed by atoms with Crippen LogP contribution in [-0.2, 0) is 23.9 Å². The maximum atomic E-state index is 14.0. The van der Waals surface area contributed by atoms with Gasteiger partial charge in [0, 0.05) is 36.8 Å². The van der Waals surface area contributed by atoms with Crippen LogP contribution in [0.5, 0.6) is 5.75 Å². The van der Waals surface area contributed by atoms with Crippen LogP contribution in [0.2, 0.25) is 0 Å². The summed E-state index contributed by atoms with van der Waals surface area (Å²) >= 11 is 1.57. The molecule has 4 aromatic heterocycles. The molecule has 4 atom stereocenters. The van der Waals surface area contributed by atoms with E-state index in [9.17, 15) is 19.5 Å². The minimum atomic E-state index is -0.975. The average Bonchev–Trinajstić information content (AvgIpc) is 4.01. The molecule has 354 valence electrons. The van der Waals surface area contributed by atoms with Gasteiger partial charge >= 0.3 is 0 Å². The number of hydrogen-bond donors (Lipinski definition) is 4. The maximum Gasteiger partial charge on any atom is 0.246 e. The number of pyridine rings is 1. The van der Waals surface area contributed by atoms with Crippen molar-refractivity contribution in [1.29, 1.82) is 0 Å². The molecule has 1 aliphatic rings. The molecule has 7 rings (SSSR count). The molecule has 0 bridgehead atoms. The number of aromatic nitrogens is 6. The van der Waals surface area contributed by atoms with Gasteiger partial charge in [0.1, 0.15) is 54.0 Å². The number of hydrogen-bond acceptors (Lipinski definition) is 14. The number of rotatable bonds is 19. The molecule has 6 aromatic rings. The minimum Gasteiger partial charge on any atom is -0.491 e. The first kappa shape index (κ1) is 48.6. The summed E-state index contributed by atoms with van der Waals surface area (Å²) in [4.78, 5) is 65.8. The minimum absolute atomic E-state index is 0.0229. The van der Waals surface area contributed by atoms with Gasteiger partial charge in [0.05, 0.1) is 59.8 Å². The molecule has 67 heavy (non-hydrogen) atoms. The highest BCUT2D eigenvalue weighted by Gasteiger charge is 2.44. The number of carbonyl (C=O) groups is 3. The molecule has 4 N–H and O–H groups in total. The number of imidazole rings is 1. The third kappa shape index (κ3) is 12.2. The third-order valence-corrected chi connectivity index (χ3v) is 12.4. The van der Waals surface area contributed by atoms with Gasteiger partial charge < -0.3 is 44.7 Å². The number of nitrogens with zero attached hydrogens (tertiary/aromatic N) is 7. The second-order valence-electron chi connectivity index (χ2n) is 18.0. The number of amides is 3. The Hall–Kier alpha value is -6.34. The lowest BCUT2D eigenvalue weighted by molar-refractivity contribution is -0.144. The van der Waals surface area contributed by atoms with E-state index in [1.165, 1.54) is 4.90 Å². The molecule has 3 amide bonds. The lowest BCUT2D eigenvalue weighted by atomic mass is 9.85. The Labute approximate surface area is 394 Å². The van der Waals surface area contributed by atoms with Gasteiger partial charge in [0.2, 0.25) is 17.7 Å². The van der Waals surface area contributed by atoms with Crippen molar-refractivity contribution < 1.29 is 33.7 Å². The Kier molecular flexibility index (Phi) is 15.6. The Balaban J connectivity index is 0.816. The highest BCUT2D eigenvalue weighted by molar-refractivity contribution is 7.13. The maximum absolute atomic E-state index is 14.0. The fraction of sp³-hybridized carbons (Fsp3) is 0.429. The summed E-state index contributed by atoms with van der Waals surface area (Å²) in [5.41, 5.74) is 6.68. The van der Waals surface area contributed by atoms with E-state index in [0.29, 0.717) is 36.4 Å². The number of nitrogens with one attached hydrogen (secondary N) is 3. The van der Waals surface area contributed by atoms with Gasteiger partial charge in [-0.2, -0.15) is 0 Å². The third-order valence-electron chi connectivity index (χ3n) is 11.5. The van der Waals surface area contributed by atoms with E-state index in [0.717, 1.165) is 44.1 Å². The van der Waals surface area contributed by atoms with Gasteiger partial charge in [0.25, 0.3) is 0 Å². The number of aliphatic hydroxyl groups excluding tert-OH is 1. The molecule has 1 saturated heterocycles. The molecule has 5 heterocycles. The Morgan fingerprint density at radius 1 is 0.866 bits per heavy atom. The molecule has 0 radical (unpaired) electrons. The van der Waals surface area contributed by atoms with Crippen LogP contribution in [-0.4, -0.2) is 115 Å². The van der Waals surface area contributed by atoms with E-state index in [-0.39, 0.29) is 50.8 Å². The molecular weight excluding hydrogens is 873 g/mol. The monoisotopic (exact) mass is 932 g/mol. The highest BCUT2D eigenvalue weighted by atomic mass is 32.1. The number of fused-ring (bicyclic) bond motifs is 1. The van der Waals surface area contributed by atoms with Crippen molar-refractivity contribution in [2.24, 2.45) is 5.41 Å². The number of likely N-dealkylation sites (tertiary alicyclic amines) is 1. The van der Waals surface area contributed by atoms with Crippen LogP contribution in [0.15, 0.2) is 78.6 Å². The molecule has 1 unspecified atom stereocenters. The summed E-state index contributed by atoms with van der Waals surface area (Å²) in [5.74, 6) is 2.10. The molecule has 1 aliphatic heterocycles. The van der Waals surface area contributed by atoms with Crippen molar-refractivity contribution in [3.05, 3.63) is 95.6 Å². The first-order valence-corrected chi connectivity index (χ1v) is 23.4. The van der Waals surface area contributed by atoms with Crippen LogP contribution < -0.4 is 20.7 Å². The number of β-amino-alcohol motifs (C(OH)–C–C–N with tert-alkyl or cyclic N) is 1. The van der Waals surface area contributed by atoms with Gasteiger partial charge in [-0.05, 0) is 81.5 Å². The van der Waals surface area contributed by atoms with Crippen molar-refractivity contribution in [3.8, 4) is 27.6 Å². The Morgan fingerprint density at radius 3 is 2.28 bits per heavy atom. The van der Waals surface area contributed by atoms with Crippen molar-refractivity contribution >= 4 is 51.7 Å². The van der Waals surface area contributed by atoms with E-state index in [4.69, 9.17) is 19.2 Å². The average molecular weight is 933 g/mol. The van der Waals surface area contributed by atoms with Gasteiger partial charge in [-0.1, -0.05) is 45.0 Å². The van der Waals surface area contributed by atoms with Gasteiger partial charge in [-0.15, -0.1) is 11.3 Å². The fourth-order valence-electron chi connectivity index (χ4n) is 8.06. The standard InChI is InChI=1S/C49H60N10O7S/c1-29(2)59-32(5)54-38-25-51-42(24-39(38)59)55-41-17-18-50-46(56-41)35-13-15-37(16-14-35)66-22-21-64-19-20-65-27-43(61)57-45(49(6,7)8)48(63)58-26-36(60)23-40(58)47(62)53-30(3)33-9-11-34(12-10-33)44-31(4)52-28-67-44/h9-18,24-25,28-30,36,40,45,60H,19-23,26-27H2,1-8H3,(H,53,62)(H,57,61)(H,50,51,55,56)/t30-,36-,40+,45?/m0/s1. The van der Waals surface area contributed by atoms with Crippen molar-refractivity contribution in [2.75, 3.05) is 44.9 Å². The number of thiazole rings is 1. The van der Waals surface area contributed by atoms with E-state index in [1.54, 1.807) is 29.8 Å². The number of benzene rings is 2. The zero-order valence-corrected chi connectivity index (χ0v) is 40.1. The van der Waals surface area contributed by atoms with Crippen LogP contribution in [0.4, 0.5) is 11.6 Å². The number of anilines is 2. The molecule has 18 heteroatoms. The molecule has 17 nitrogen and oxygen atoms in total. The summed E-state index contributed by atoms with van der Waals surface area (Å²) in [6.45, 7) is 16.2. The zero-order valence-electron chi connectivity index (χ0n) is 39.3. The number of ether oxygens (including phenoxy) is 3. The number of aryl methyl sites for hydroxylation is 2. The summed E-state index contributed by atoms with van der Waals surface area (Å²) in [6.07, 6.45) is 2.67. The van der Waals surface area contributed by atoms with Crippen LogP contribution in [0.25, 0.3) is 32.9 Å². The first-order chi connectivity index (χ1) is 32.0. The fourth-order valence-corrected chi connectivity index (χ4v) is 8.87. The van der Waals surface area contributed by atoms with Gasteiger partial charge in [0.15, 0.2) is 5.82 Å². The quantitative estimate of drug-likeness (QED) is 0.0622. The summed E-state index contributed by atoms with van der Waals surface area (Å²) in [6, 6.07) is 17.2. The second-order valence-corrected chi connectivity index (χ2v) is 18.8. The van der Waals surface area contributed by atoms with Crippen molar-refractivity contribution in [3.63, 3.8) is 0 Å². The highest BCUT2D eigenvalue weighted by Crippen LogP contribution is 2.30. The summed E-state index contributed by atoms with van der Waals surface area (Å²) in [5, 5.41) is 19.7. The van der Waals surface area contributed by atoms with Crippen LogP contribution >= 0.6 is 11.3 Å².